The Morgan fingerprint density at radius 2 is 0.304 bits per heavy atom. The van der Waals surface area contributed by atoms with Gasteiger partial charge >= 0.3 is 102 Å². The molecule has 0 heterocycles. The molecular formula is C10H2ClCo3O9-. The van der Waals surface area contributed by atoms with E-state index in [4.69, 9.17) is 41.9 Å². The number of hydrogen-bond acceptors (Lipinski definition) is 0. The van der Waals surface area contributed by atoms with Gasteiger partial charge in [-0.3, -0.25) is 6.38 Å². The van der Waals surface area contributed by atoms with Gasteiger partial charge in [0.2, 0.25) is 0 Å². The summed E-state index contributed by atoms with van der Waals surface area (Å²) in [7, 11) is 0. The molecule has 131 valence electrons. The average molecular weight is 478 g/mol. The molecule has 0 aromatic rings. The van der Waals surface area contributed by atoms with Crippen LogP contribution in [0.15, 0.2) is 0 Å². The Bertz CT molecular complexity index is 166. The zero-order valence-electron chi connectivity index (χ0n) is 10.3. The second-order valence-corrected chi connectivity index (χ2v) is 0. The molecule has 0 spiro atoms. The van der Waals surface area contributed by atoms with E-state index in [2.05, 4.69) is 77.8 Å². The summed E-state index contributed by atoms with van der Waals surface area (Å²) in [5.41, 5.74) is 0. The van der Waals surface area contributed by atoms with Crippen LogP contribution in [0.3, 0.4) is 0 Å². The molecule has 0 aliphatic heterocycles. The number of hydrogen-bond donors (Lipinski definition) is 0. The predicted molar refractivity (Wildman–Crippen MR) is 46.6 cm³/mol. The van der Waals surface area contributed by atoms with Gasteiger partial charge in [-0.15, -0.1) is 0 Å². The molecule has 0 aliphatic carbocycles. The van der Waals surface area contributed by atoms with Gasteiger partial charge in [-0.25, -0.2) is 0 Å². The molecule has 0 aromatic heterocycles. The van der Waals surface area contributed by atoms with Crippen molar-refractivity contribution >= 4 is 11.6 Å². The van der Waals surface area contributed by atoms with Crippen molar-refractivity contribution in [3.05, 3.63) is 66.2 Å². The van der Waals surface area contributed by atoms with Crippen molar-refractivity contribution in [2.75, 3.05) is 0 Å². The summed E-state index contributed by atoms with van der Waals surface area (Å²) in [5, 5.41) is 0. The minimum atomic E-state index is 0. The van der Waals surface area contributed by atoms with Crippen molar-refractivity contribution in [3.63, 3.8) is 0 Å². The third-order valence-corrected chi connectivity index (χ3v) is 0. The van der Waals surface area contributed by atoms with Gasteiger partial charge in [0, 0.05) is 50.3 Å². The van der Waals surface area contributed by atoms with Crippen LogP contribution in [-0.2, 0) is 92.2 Å². The zero-order chi connectivity index (χ0) is 20.0. The monoisotopic (exact) mass is 478 g/mol. The SMILES string of the molecule is [C-]#[O+].[C-]#[O+].[C-]#[O+].[C-]#[O+].[C-]#[O+].[C-]#[O+].[C-]#[O+].[C-]#[O+].[C-]#[O+].[CH2-]Cl.[Co].[Co].[Co]. The van der Waals surface area contributed by atoms with Crippen LogP contribution in [0.2, 0.25) is 0 Å². The molecule has 0 saturated carbocycles. The molecule has 0 aromatic carbocycles. The van der Waals surface area contributed by atoms with Crippen molar-refractivity contribution in [2.45, 2.75) is 0 Å². The molecule has 0 unspecified atom stereocenters. The van der Waals surface area contributed by atoms with Crippen molar-refractivity contribution in [1.82, 2.24) is 0 Å². The maximum absolute atomic E-state index is 7.50. The Hall–Kier alpha value is -0.531. The molecule has 0 fully saturated rings. The maximum atomic E-state index is 7.50. The topological polar surface area (TPSA) is 179 Å². The molecular weight excluding hydrogens is 476 g/mol. The summed E-state index contributed by atoms with van der Waals surface area (Å²) >= 11 is 4.39. The van der Waals surface area contributed by atoms with E-state index in [9.17, 15) is 0 Å². The van der Waals surface area contributed by atoms with Gasteiger partial charge in [0.25, 0.3) is 0 Å². The summed E-state index contributed by atoms with van der Waals surface area (Å²) in [6, 6.07) is 0. The molecule has 0 rings (SSSR count). The van der Waals surface area contributed by atoms with Crippen LogP contribution < -0.4 is 0 Å². The van der Waals surface area contributed by atoms with Gasteiger partial charge in [0.15, 0.2) is 0 Å². The van der Waals surface area contributed by atoms with Crippen molar-refractivity contribution in [2.24, 2.45) is 0 Å². The molecule has 0 saturated heterocycles. The molecule has 3 radical (unpaired) electrons. The molecule has 9 nitrogen and oxygen atoms in total. The largest absolute Gasteiger partial charge is 0.352 e. The van der Waals surface area contributed by atoms with E-state index in [0.29, 0.717) is 0 Å². The first-order chi connectivity index (χ1) is 10.0. The third-order valence-electron chi connectivity index (χ3n) is 0. The van der Waals surface area contributed by atoms with E-state index in [1.54, 1.807) is 0 Å². The third kappa shape index (κ3) is 28900. The van der Waals surface area contributed by atoms with E-state index in [1.165, 1.54) is 0 Å². The summed E-state index contributed by atoms with van der Waals surface area (Å²) in [6.45, 7) is 40.5. The Morgan fingerprint density at radius 3 is 0.304 bits per heavy atom. The van der Waals surface area contributed by atoms with E-state index >= 15 is 0 Å². The maximum Gasteiger partial charge on any atom is 0 e. The van der Waals surface area contributed by atoms with Gasteiger partial charge in [0.05, 0.1) is 0 Å². The standard InChI is InChI=1S/CH2Cl.9CO.3Co/c10*1-2;;;/h1H2;;;;;;;;;;;;/q-1;;;;;;;;;;;;. The Balaban J connectivity index is -0.00000000433. The van der Waals surface area contributed by atoms with Crippen LogP contribution >= 0.6 is 11.6 Å². The fraction of sp³-hybridized carbons (Fsp3) is 0. The molecule has 13 heteroatoms. The molecule has 0 atom stereocenters. The summed E-state index contributed by atoms with van der Waals surface area (Å²) < 4.78 is 67.5. The Morgan fingerprint density at radius 1 is 0.304 bits per heavy atom. The summed E-state index contributed by atoms with van der Waals surface area (Å²) in [4.78, 5) is 0. The first-order valence-corrected chi connectivity index (χ1v) is 2.64. The molecule has 0 bridgehead atoms. The normalized spacial score (nSPS) is 1.04. The van der Waals surface area contributed by atoms with Gasteiger partial charge < -0.3 is 11.6 Å². The van der Waals surface area contributed by atoms with E-state index < -0.39 is 0 Å². The first kappa shape index (κ1) is 116. The molecule has 0 N–H and O–H groups in total. The summed E-state index contributed by atoms with van der Waals surface area (Å²) in [6.07, 6.45) is 2.72. The number of rotatable bonds is 0. The van der Waals surface area contributed by atoms with E-state index in [0.717, 1.165) is 0 Å². The average Bonchev–Trinajstić information content (AvgIpc) is 2.71. The van der Waals surface area contributed by atoms with Crippen molar-refractivity contribution in [1.29, 1.82) is 0 Å². The second kappa shape index (κ2) is 32000. The van der Waals surface area contributed by atoms with Crippen molar-refractivity contribution in [3.8, 4) is 0 Å². The fourth-order valence-electron chi connectivity index (χ4n) is 0. The Labute approximate surface area is 169 Å². The number of halogens is 1. The van der Waals surface area contributed by atoms with E-state index in [1.807, 2.05) is 0 Å². The van der Waals surface area contributed by atoms with Crippen LogP contribution in [0, 0.1) is 66.2 Å². The van der Waals surface area contributed by atoms with E-state index in [-0.39, 0.29) is 50.3 Å². The van der Waals surface area contributed by atoms with Gasteiger partial charge in [-0.2, -0.15) is 0 Å². The minimum absolute atomic E-state index is 0. The van der Waals surface area contributed by atoms with Crippen LogP contribution in [0.5, 0.6) is 0 Å². The van der Waals surface area contributed by atoms with Gasteiger partial charge in [0.1, 0.15) is 0 Å². The van der Waals surface area contributed by atoms with Crippen LogP contribution in [0.25, 0.3) is 0 Å². The van der Waals surface area contributed by atoms with Gasteiger partial charge in [-0.1, -0.05) is 0 Å². The smallest absolute Gasteiger partial charge is 0 e. The quantitative estimate of drug-likeness (QED) is 0.351. The zero-order valence-corrected chi connectivity index (χ0v) is 14.1. The fourth-order valence-corrected chi connectivity index (χ4v) is 0. The van der Waals surface area contributed by atoms with Gasteiger partial charge in [-0.05, 0) is 0 Å². The van der Waals surface area contributed by atoms with Crippen LogP contribution in [-0.4, -0.2) is 0 Å². The Kier molecular flexibility index (Phi) is 161000. The second-order valence-electron chi connectivity index (χ2n) is 0. The van der Waals surface area contributed by atoms with Crippen molar-refractivity contribution < 1.29 is 92.2 Å². The molecule has 0 amide bonds. The minimum Gasteiger partial charge on any atom is -0.352 e. The van der Waals surface area contributed by atoms with Crippen LogP contribution in [0.1, 0.15) is 0 Å². The predicted octanol–water partition coefficient (Wildman–Crippen LogP) is 0.672. The van der Waals surface area contributed by atoms with Crippen LogP contribution in [0.4, 0.5) is 0 Å². The summed E-state index contributed by atoms with van der Waals surface area (Å²) in [5.74, 6) is 0. The first-order valence-electron chi connectivity index (χ1n) is 2.10. The molecule has 23 heavy (non-hydrogen) atoms. The molecule has 0 aliphatic rings.